The summed E-state index contributed by atoms with van der Waals surface area (Å²) in [7, 11) is 3.60. The highest BCUT2D eigenvalue weighted by Gasteiger charge is 2.23. The second-order valence-corrected chi connectivity index (χ2v) is 8.81. The Labute approximate surface area is 213 Å². The minimum absolute atomic E-state index is 0.0000763. The molecule has 3 heterocycles. The first kappa shape index (κ1) is 24.3. The lowest BCUT2D eigenvalue weighted by atomic mass is 10.2. The van der Waals surface area contributed by atoms with Gasteiger partial charge in [0.15, 0.2) is 0 Å². The number of carbonyl (C=O) groups excluding carboxylic acids is 1. The summed E-state index contributed by atoms with van der Waals surface area (Å²) in [5, 5.41) is 6.09. The van der Waals surface area contributed by atoms with Gasteiger partial charge < -0.3 is 25.0 Å². The Morgan fingerprint density at radius 1 is 1.19 bits per heavy atom. The van der Waals surface area contributed by atoms with Gasteiger partial charge in [0.25, 0.3) is 0 Å². The lowest BCUT2D eigenvalue weighted by Gasteiger charge is -2.20. The average Bonchev–Trinajstić information content (AvgIpc) is 3.50. The molecule has 1 aliphatic heterocycles. The highest BCUT2D eigenvalue weighted by Crippen LogP contribution is 2.39. The lowest BCUT2D eigenvalue weighted by molar-refractivity contribution is -0.111. The van der Waals surface area contributed by atoms with Crippen LogP contribution >= 0.6 is 0 Å². The Hall–Kier alpha value is -4.44. The van der Waals surface area contributed by atoms with Crippen LogP contribution < -0.4 is 20.1 Å². The van der Waals surface area contributed by atoms with Gasteiger partial charge in [-0.15, -0.1) is 0 Å². The van der Waals surface area contributed by atoms with E-state index in [0.717, 1.165) is 25.0 Å². The lowest BCUT2D eigenvalue weighted by Crippen LogP contribution is -2.22. The number of likely N-dealkylation sites (N-methyl/N-ethyl adjacent to an activating group) is 1. The standard InChI is InChI=1S/C27H27FN6O3/c1-4-27(35)32-21-11-20(24(36-3)13-25(21)37-19-8-9-33(2)15-19)31-26-12-23-22(14-29-26)30-16-34(23)18-7-5-6-17(28)10-18/h4-7,10-14,16,19H,1,8-9,15H2,2-3H3,(H,29,31)(H,32,35). The number of fused-ring (bicyclic) bond motifs is 1. The Kier molecular flexibility index (Phi) is 6.74. The number of halogens is 1. The van der Waals surface area contributed by atoms with Gasteiger partial charge in [-0.25, -0.2) is 14.4 Å². The number of likely N-dealkylation sites (tertiary alicyclic amines) is 1. The number of hydrogen-bond donors (Lipinski definition) is 2. The second kappa shape index (κ2) is 10.3. The fourth-order valence-electron chi connectivity index (χ4n) is 4.33. The normalized spacial score (nSPS) is 15.5. The Morgan fingerprint density at radius 2 is 2.05 bits per heavy atom. The topological polar surface area (TPSA) is 93.5 Å². The van der Waals surface area contributed by atoms with Crippen LogP contribution in [-0.2, 0) is 4.79 Å². The van der Waals surface area contributed by atoms with Crippen LogP contribution in [0.15, 0.2) is 67.6 Å². The van der Waals surface area contributed by atoms with Crippen LogP contribution in [-0.4, -0.2) is 58.7 Å². The molecule has 0 radical (unpaired) electrons. The predicted octanol–water partition coefficient (Wildman–Crippen LogP) is 4.52. The van der Waals surface area contributed by atoms with Crippen LogP contribution in [0.1, 0.15) is 6.42 Å². The molecule has 10 heteroatoms. The quantitative estimate of drug-likeness (QED) is 0.342. The zero-order valence-electron chi connectivity index (χ0n) is 20.6. The maximum Gasteiger partial charge on any atom is 0.247 e. The molecule has 0 bridgehead atoms. The molecule has 9 nitrogen and oxygen atoms in total. The molecule has 0 saturated carbocycles. The largest absolute Gasteiger partial charge is 0.494 e. The molecule has 1 aliphatic rings. The Bertz CT molecular complexity index is 1470. The van der Waals surface area contributed by atoms with Crippen LogP contribution in [0.25, 0.3) is 16.7 Å². The molecule has 37 heavy (non-hydrogen) atoms. The molecule has 2 aromatic carbocycles. The molecule has 1 fully saturated rings. The Morgan fingerprint density at radius 3 is 2.78 bits per heavy atom. The van der Waals surface area contributed by atoms with Crippen molar-refractivity contribution in [3.05, 3.63) is 73.5 Å². The fraction of sp³-hybridized carbons (Fsp3) is 0.222. The molecule has 5 rings (SSSR count). The molecule has 4 aromatic rings. The molecule has 2 N–H and O–H groups in total. The van der Waals surface area contributed by atoms with Crippen LogP contribution in [0.5, 0.6) is 11.5 Å². The third-order valence-corrected chi connectivity index (χ3v) is 6.17. The molecule has 2 aromatic heterocycles. The zero-order valence-corrected chi connectivity index (χ0v) is 20.6. The van der Waals surface area contributed by atoms with E-state index < -0.39 is 0 Å². The number of nitrogens with one attached hydrogen (secondary N) is 2. The summed E-state index contributed by atoms with van der Waals surface area (Å²) in [6.07, 6.45) is 5.35. The van der Waals surface area contributed by atoms with Crippen molar-refractivity contribution in [2.75, 3.05) is 37.9 Å². The monoisotopic (exact) mass is 502 g/mol. The summed E-state index contributed by atoms with van der Waals surface area (Å²) in [6, 6.07) is 11.6. The highest BCUT2D eigenvalue weighted by molar-refractivity contribution is 6.00. The number of ether oxygens (including phenoxy) is 2. The fourth-order valence-corrected chi connectivity index (χ4v) is 4.33. The SMILES string of the molecule is C=CC(=O)Nc1cc(Nc2cc3c(cn2)ncn3-c2cccc(F)c2)c(OC)cc1OC1CCN(C)C1. The van der Waals surface area contributed by atoms with Gasteiger partial charge in [0, 0.05) is 25.2 Å². The van der Waals surface area contributed by atoms with Crippen molar-refractivity contribution in [3.63, 3.8) is 0 Å². The molecular weight excluding hydrogens is 475 g/mol. The number of amides is 1. The van der Waals surface area contributed by atoms with Crippen molar-refractivity contribution in [1.29, 1.82) is 0 Å². The van der Waals surface area contributed by atoms with Gasteiger partial charge in [-0.1, -0.05) is 12.6 Å². The molecule has 1 atom stereocenters. The van der Waals surface area contributed by atoms with Crippen molar-refractivity contribution in [2.24, 2.45) is 0 Å². The van der Waals surface area contributed by atoms with Gasteiger partial charge in [-0.3, -0.25) is 9.36 Å². The van der Waals surface area contributed by atoms with E-state index in [9.17, 15) is 9.18 Å². The summed E-state index contributed by atoms with van der Waals surface area (Å²) in [5.74, 6) is 0.834. The van der Waals surface area contributed by atoms with Crippen molar-refractivity contribution >= 4 is 34.1 Å². The Balaban J connectivity index is 1.50. The van der Waals surface area contributed by atoms with Crippen molar-refractivity contribution in [3.8, 4) is 17.2 Å². The number of rotatable bonds is 8. The molecular formula is C27H27FN6O3. The van der Waals surface area contributed by atoms with Crippen LogP contribution in [0.3, 0.4) is 0 Å². The number of methoxy groups -OCH3 is 1. The smallest absolute Gasteiger partial charge is 0.247 e. The van der Waals surface area contributed by atoms with Crippen LogP contribution in [0.2, 0.25) is 0 Å². The van der Waals surface area contributed by atoms with E-state index in [0.29, 0.717) is 39.9 Å². The molecule has 190 valence electrons. The number of imidazole rings is 1. The van der Waals surface area contributed by atoms with E-state index in [2.05, 4.69) is 32.1 Å². The van der Waals surface area contributed by atoms with Crippen molar-refractivity contribution in [1.82, 2.24) is 19.4 Å². The first-order valence-electron chi connectivity index (χ1n) is 11.8. The predicted molar refractivity (Wildman–Crippen MR) is 140 cm³/mol. The summed E-state index contributed by atoms with van der Waals surface area (Å²) < 4.78 is 27.5. The third-order valence-electron chi connectivity index (χ3n) is 6.17. The van der Waals surface area contributed by atoms with Gasteiger partial charge >= 0.3 is 0 Å². The number of benzene rings is 2. The first-order valence-corrected chi connectivity index (χ1v) is 11.8. The van der Waals surface area contributed by atoms with E-state index in [1.165, 1.54) is 18.2 Å². The molecule has 1 saturated heterocycles. The molecule has 1 unspecified atom stereocenters. The van der Waals surface area contributed by atoms with Crippen LogP contribution in [0, 0.1) is 5.82 Å². The average molecular weight is 503 g/mol. The summed E-state index contributed by atoms with van der Waals surface area (Å²) in [4.78, 5) is 23.2. The van der Waals surface area contributed by atoms with E-state index in [1.807, 2.05) is 13.1 Å². The number of aromatic nitrogens is 3. The van der Waals surface area contributed by atoms with Gasteiger partial charge in [0.2, 0.25) is 5.91 Å². The summed E-state index contributed by atoms with van der Waals surface area (Å²) >= 11 is 0. The number of anilines is 3. The maximum atomic E-state index is 13.8. The molecule has 1 amide bonds. The van der Waals surface area contributed by atoms with Gasteiger partial charge in [-0.2, -0.15) is 0 Å². The second-order valence-electron chi connectivity index (χ2n) is 8.81. The van der Waals surface area contributed by atoms with E-state index in [4.69, 9.17) is 9.47 Å². The number of nitrogens with zero attached hydrogens (tertiary/aromatic N) is 4. The first-order chi connectivity index (χ1) is 17.9. The van der Waals surface area contributed by atoms with Crippen molar-refractivity contribution < 1.29 is 18.7 Å². The van der Waals surface area contributed by atoms with E-state index >= 15 is 0 Å². The van der Waals surface area contributed by atoms with Gasteiger partial charge in [-0.05, 0) is 43.8 Å². The summed E-state index contributed by atoms with van der Waals surface area (Å²) in [5.41, 5.74) is 3.10. The number of pyridine rings is 1. The third kappa shape index (κ3) is 5.24. The molecule has 0 aliphatic carbocycles. The summed E-state index contributed by atoms with van der Waals surface area (Å²) in [6.45, 7) is 5.28. The van der Waals surface area contributed by atoms with Gasteiger partial charge in [0.05, 0.1) is 35.9 Å². The van der Waals surface area contributed by atoms with Crippen LogP contribution in [0.4, 0.5) is 21.6 Å². The van der Waals surface area contributed by atoms with Gasteiger partial charge in [0.1, 0.15) is 41.1 Å². The minimum Gasteiger partial charge on any atom is -0.494 e. The van der Waals surface area contributed by atoms with E-state index in [1.54, 1.807) is 48.5 Å². The number of carbonyl (C=O) groups is 1. The maximum absolute atomic E-state index is 13.8. The minimum atomic E-state index is -0.358. The van der Waals surface area contributed by atoms with Crippen molar-refractivity contribution in [2.45, 2.75) is 12.5 Å². The zero-order chi connectivity index (χ0) is 25.9. The highest BCUT2D eigenvalue weighted by atomic mass is 19.1. The number of hydrogen-bond acceptors (Lipinski definition) is 7. The molecule has 0 spiro atoms. The van der Waals surface area contributed by atoms with E-state index in [-0.39, 0.29) is 17.8 Å².